The van der Waals surface area contributed by atoms with Crippen molar-refractivity contribution in [3.05, 3.63) is 34.5 Å². The number of fused-ring (bicyclic) bond motifs is 1. The van der Waals surface area contributed by atoms with E-state index in [2.05, 4.69) is 4.98 Å². The van der Waals surface area contributed by atoms with Gasteiger partial charge in [0.1, 0.15) is 0 Å². The molecule has 26 heavy (non-hydrogen) atoms. The number of pyridine rings is 1. The van der Waals surface area contributed by atoms with E-state index in [1.54, 1.807) is 18.3 Å². The first-order valence-corrected chi connectivity index (χ1v) is 8.88. The number of rotatable bonds is 3. The van der Waals surface area contributed by atoms with Crippen LogP contribution >= 0.6 is 0 Å². The van der Waals surface area contributed by atoms with E-state index in [9.17, 15) is 14.9 Å². The van der Waals surface area contributed by atoms with E-state index in [0.29, 0.717) is 63.7 Å². The lowest BCUT2D eigenvalue weighted by atomic mass is 9.95. The zero-order valence-electron chi connectivity index (χ0n) is 14.4. The maximum absolute atomic E-state index is 12.6. The third-order valence-corrected chi connectivity index (χ3v) is 5.13. The summed E-state index contributed by atoms with van der Waals surface area (Å²) < 4.78 is 6.80. The Morgan fingerprint density at radius 3 is 2.62 bits per heavy atom. The van der Waals surface area contributed by atoms with E-state index < -0.39 is 0 Å². The maximum atomic E-state index is 12.6. The largest absolute Gasteiger partial charge is 0.378 e. The number of anilines is 1. The summed E-state index contributed by atoms with van der Waals surface area (Å²) in [5, 5.41) is 11.6. The molecule has 0 aliphatic carbocycles. The zero-order valence-corrected chi connectivity index (χ0v) is 14.4. The predicted octanol–water partition coefficient (Wildman–Crippen LogP) is 1.32. The molecule has 9 heteroatoms. The second kappa shape index (κ2) is 6.91. The van der Waals surface area contributed by atoms with Crippen LogP contribution in [0.5, 0.6) is 0 Å². The number of hydrogen-bond donors (Lipinski definition) is 0. The maximum Gasteiger partial charge on any atom is 0.372 e. The van der Waals surface area contributed by atoms with Crippen LogP contribution in [0.25, 0.3) is 5.65 Å². The molecule has 2 saturated heterocycles. The van der Waals surface area contributed by atoms with Gasteiger partial charge < -0.3 is 24.7 Å². The molecule has 0 unspecified atom stereocenters. The molecule has 138 valence electrons. The molecular formula is C17H21N5O4. The number of aromatic nitrogens is 2. The Labute approximate surface area is 150 Å². The van der Waals surface area contributed by atoms with Gasteiger partial charge in [0.05, 0.1) is 19.4 Å². The highest BCUT2D eigenvalue weighted by Gasteiger charge is 2.33. The van der Waals surface area contributed by atoms with E-state index in [1.165, 1.54) is 4.40 Å². The standard InChI is InChI=1S/C17H21N5O4/c23-17(20-9-11-26-12-10-20)13-4-7-19(8-5-13)15-16(22(24)25)21-6-2-1-3-14(21)18-15/h1-3,6,13H,4-5,7-12H2. The molecule has 1 amide bonds. The Hall–Kier alpha value is -2.68. The van der Waals surface area contributed by atoms with Gasteiger partial charge in [-0.05, 0) is 23.8 Å². The van der Waals surface area contributed by atoms with Gasteiger partial charge in [0.2, 0.25) is 17.4 Å². The smallest absolute Gasteiger partial charge is 0.372 e. The highest BCUT2D eigenvalue weighted by atomic mass is 16.6. The van der Waals surface area contributed by atoms with Crippen molar-refractivity contribution in [2.24, 2.45) is 5.92 Å². The summed E-state index contributed by atoms with van der Waals surface area (Å²) in [5.74, 6) is 0.523. The molecule has 4 rings (SSSR count). The van der Waals surface area contributed by atoms with E-state index in [-0.39, 0.29) is 22.6 Å². The minimum absolute atomic E-state index is 0.0152. The van der Waals surface area contributed by atoms with Crippen molar-refractivity contribution in [2.45, 2.75) is 12.8 Å². The molecule has 2 aliphatic heterocycles. The second-order valence-corrected chi connectivity index (χ2v) is 6.64. The lowest BCUT2D eigenvalue weighted by molar-refractivity contribution is -0.389. The summed E-state index contributed by atoms with van der Waals surface area (Å²) in [5.41, 5.74) is 0.556. The topological polar surface area (TPSA) is 93.2 Å². The summed E-state index contributed by atoms with van der Waals surface area (Å²) in [7, 11) is 0. The normalized spacial score (nSPS) is 19.1. The molecule has 0 atom stereocenters. The molecule has 2 aliphatic rings. The third kappa shape index (κ3) is 2.98. The highest BCUT2D eigenvalue weighted by Crippen LogP contribution is 2.32. The molecule has 2 fully saturated rings. The van der Waals surface area contributed by atoms with E-state index in [1.807, 2.05) is 15.9 Å². The van der Waals surface area contributed by atoms with Gasteiger partial charge >= 0.3 is 5.82 Å². The minimum atomic E-state index is -0.389. The summed E-state index contributed by atoms with van der Waals surface area (Å²) in [4.78, 5) is 32.1. The van der Waals surface area contributed by atoms with Crippen molar-refractivity contribution < 1.29 is 14.5 Å². The van der Waals surface area contributed by atoms with Crippen LogP contribution in [0.3, 0.4) is 0 Å². The van der Waals surface area contributed by atoms with Gasteiger partial charge in [0, 0.05) is 38.2 Å². The zero-order chi connectivity index (χ0) is 18.1. The molecule has 2 aromatic heterocycles. The summed E-state index contributed by atoms with van der Waals surface area (Å²) in [6.45, 7) is 3.67. The minimum Gasteiger partial charge on any atom is -0.378 e. The van der Waals surface area contributed by atoms with Crippen molar-refractivity contribution in [3.63, 3.8) is 0 Å². The number of morpholine rings is 1. The quantitative estimate of drug-likeness (QED) is 0.606. The van der Waals surface area contributed by atoms with Crippen LogP contribution in [-0.4, -0.2) is 64.5 Å². The number of piperidine rings is 1. The molecule has 4 heterocycles. The van der Waals surface area contributed by atoms with Crippen molar-refractivity contribution in [1.82, 2.24) is 14.3 Å². The molecule has 9 nitrogen and oxygen atoms in total. The Balaban J connectivity index is 1.50. The van der Waals surface area contributed by atoms with Crippen LogP contribution in [0.2, 0.25) is 0 Å². The van der Waals surface area contributed by atoms with Crippen LogP contribution in [0, 0.1) is 16.0 Å². The number of nitrogens with zero attached hydrogens (tertiary/aromatic N) is 5. The molecule has 0 bridgehead atoms. The van der Waals surface area contributed by atoms with E-state index >= 15 is 0 Å². The highest BCUT2D eigenvalue weighted by molar-refractivity contribution is 5.79. The molecular weight excluding hydrogens is 338 g/mol. The fourth-order valence-electron chi connectivity index (χ4n) is 3.73. The van der Waals surface area contributed by atoms with Gasteiger partial charge in [0.15, 0.2) is 0 Å². The van der Waals surface area contributed by atoms with Crippen LogP contribution in [0.1, 0.15) is 12.8 Å². The van der Waals surface area contributed by atoms with Crippen molar-refractivity contribution in [1.29, 1.82) is 0 Å². The Morgan fingerprint density at radius 2 is 1.92 bits per heavy atom. The lowest BCUT2D eigenvalue weighted by Gasteiger charge is -2.35. The van der Waals surface area contributed by atoms with Gasteiger partial charge in [-0.3, -0.25) is 4.79 Å². The third-order valence-electron chi connectivity index (χ3n) is 5.13. The monoisotopic (exact) mass is 359 g/mol. The van der Waals surface area contributed by atoms with Crippen molar-refractivity contribution >= 4 is 23.2 Å². The fourth-order valence-corrected chi connectivity index (χ4v) is 3.73. The number of hydrogen-bond acceptors (Lipinski definition) is 6. The average molecular weight is 359 g/mol. The Bertz CT molecular complexity index is 822. The second-order valence-electron chi connectivity index (χ2n) is 6.64. The number of ether oxygens (including phenoxy) is 1. The Morgan fingerprint density at radius 1 is 1.19 bits per heavy atom. The average Bonchev–Trinajstić information content (AvgIpc) is 3.08. The molecule has 0 N–H and O–H groups in total. The van der Waals surface area contributed by atoms with Crippen LogP contribution in [0.15, 0.2) is 24.4 Å². The molecule has 2 aromatic rings. The molecule has 0 spiro atoms. The predicted molar refractivity (Wildman–Crippen MR) is 94.2 cm³/mol. The molecule has 0 aromatic carbocycles. The number of carbonyl (C=O) groups excluding carboxylic acids is 1. The van der Waals surface area contributed by atoms with Gasteiger partial charge in [-0.1, -0.05) is 6.07 Å². The number of nitro groups is 1. The Kier molecular flexibility index (Phi) is 4.46. The van der Waals surface area contributed by atoms with E-state index in [4.69, 9.17) is 4.74 Å². The summed E-state index contributed by atoms with van der Waals surface area (Å²) in [6, 6.07) is 5.31. The van der Waals surface area contributed by atoms with Gasteiger partial charge in [-0.25, -0.2) is 0 Å². The van der Waals surface area contributed by atoms with Crippen LogP contribution in [0.4, 0.5) is 11.6 Å². The fraction of sp³-hybridized carbons (Fsp3) is 0.529. The first-order chi connectivity index (χ1) is 12.6. The summed E-state index contributed by atoms with van der Waals surface area (Å²) in [6.07, 6.45) is 3.01. The molecule has 0 radical (unpaired) electrons. The van der Waals surface area contributed by atoms with Gasteiger partial charge in [-0.2, -0.15) is 9.38 Å². The van der Waals surface area contributed by atoms with Crippen LogP contribution in [-0.2, 0) is 9.53 Å². The summed E-state index contributed by atoms with van der Waals surface area (Å²) >= 11 is 0. The number of carbonyl (C=O) groups is 1. The van der Waals surface area contributed by atoms with Crippen molar-refractivity contribution in [3.8, 4) is 0 Å². The first kappa shape index (κ1) is 16.8. The first-order valence-electron chi connectivity index (χ1n) is 8.88. The van der Waals surface area contributed by atoms with Gasteiger partial charge in [0.25, 0.3) is 0 Å². The van der Waals surface area contributed by atoms with E-state index in [0.717, 1.165) is 0 Å². The van der Waals surface area contributed by atoms with Crippen molar-refractivity contribution in [2.75, 3.05) is 44.3 Å². The van der Waals surface area contributed by atoms with Gasteiger partial charge in [-0.15, -0.1) is 0 Å². The lowest BCUT2D eigenvalue weighted by Crippen LogP contribution is -2.46. The number of amides is 1. The molecule has 0 saturated carbocycles. The van der Waals surface area contributed by atoms with Crippen LogP contribution < -0.4 is 4.90 Å². The SMILES string of the molecule is O=C(C1CCN(c2nc3ccccn3c2[N+](=O)[O-])CC1)N1CCOCC1. The number of imidazole rings is 1.